The fourth-order valence-corrected chi connectivity index (χ4v) is 2.69. The zero-order chi connectivity index (χ0) is 17.7. The van der Waals surface area contributed by atoms with Gasteiger partial charge in [0, 0.05) is 13.1 Å². The summed E-state index contributed by atoms with van der Waals surface area (Å²) in [5, 5.41) is 2.10. The molecule has 1 saturated heterocycles. The lowest BCUT2D eigenvalue weighted by Crippen LogP contribution is -2.41. The van der Waals surface area contributed by atoms with E-state index in [9.17, 15) is 23.6 Å². The van der Waals surface area contributed by atoms with Gasteiger partial charge in [-0.3, -0.25) is 19.3 Å². The van der Waals surface area contributed by atoms with Gasteiger partial charge in [-0.2, -0.15) is 0 Å². The van der Waals surface area contributed by atoms with E-state index in [1.165, 1.54) is 25.1 Å². The molecule has 1 aromatic rings. The Kier molecular flexibility index (Phi) is 5.91. The minimum Gasteiger partial charge on any atom is -0.449 e. The van der Waals surface area contributed by atoms with Crippen LogP contribution in [-0.4, -0.2) is 52.9 Å². The van der Waals surface area contributed by atoms with Crippen LogP contribution in [0.15, 0.2) is 24.3 Å². The Morgan fingerprint density at radius 2 is 2.08 bits per heavy atom. The minimum absolute atomic E-state index is 0.0401. The second kappa shape index (κ2) is 7.91. The van der Waals surface area contributed by atoms with Crippen molar-refractivity contribution in [2.24, 2.45) is 0 Å². The molecule has 0 unspecified atom stereocenters. The number of hydrogen-bond donors (Lipinski definition) is 1. The topological polar surface area (TPSA) is 92.8 Å². The Bertz CT molecular complexity index is 666. The van der Waals surface area contributed by atoms with Crippen LogP contribution < -0.4 is 5.32 Å². The highest BCUT2D eigenvalue weighted by Crippen LogP contribution is 2.17. The molecule has 9 heteroatoms. The number of amides is 3. The van der Waals surface area contributed by atoms with Crippen LogP contribution in [0.5, 0.6) is 0 Å². The number of halogens is 1. The molecule has 1 aromatic carbocycles. The number of imide groups is 1. The van der Waals surface area contributed by atoms with Gasteiger partial charge in [0.05, 0.1) is 11.3 Å². The van der Waals surface area contributed by atoms with Crippen LogP contribution in [0.2, 0.25) is 0 Å². The fourth-order valence-electron chi connectivity index (χ4n) is 1.94. The molecule has 0 bridgehead atoms. The molecule has 1 aliphatic heterocycles. The molecule has 2 rings (SSSR count). The summed E-state index contributed by atoms with van der Waals surface area (Å²) in [5.41, 5.74) is -0.262. The average molecular weight is 354 g/mol. The number of benzene rings is 1. The van der Waals surface area contributed by atoms with Crippen LogP contribution in [0.4, 0.5) is 9.18 Å². The number of nitrogens with zero attached hydrogens (tertiary/aromatic N) is 1. The summed E-state index contributed by atoms with van der Waals surface area (Å²) < 4.78 is 18.4. The van der Waals surface area contributed by atoms with Crippen molar-refractivity contribution in [3.63, 3.8) is 0 Å². The van der Waals surface area contributed by atoms with E-state index in [0.29, 0.717) is 0 Å². The molecule has 0 radical (unpaired) electrons. The Balaban J connectivity index is 1.80. The molecule has 1 N–H and O–H groups in total. The first-order valence-electron chi connectivity index (χ1n) is 7.10. The van der Waals surface area contributed by atoms with E-state index < -0.39 is 23.8 Å². The molecule has 7 nitrogen and oxygen atoms in total. The molecule has 0 aromatic heterocycles. The van der Waals surface area contributed by atoms with Crippen molar-refractivity contribution < 1.29 is 28.3 Å². The van der Waals surface area contributed by atoms with E-state index in [2.05, 4.69) is 5.32 Å². The number of rotatable bonds is 6. The van der Waals surface area contributed by atoms with Crippen LogP contribution in [0.1, 0.15) is 17.3 Å². The van der Waals surface area contributed by atoms with Crippen LogP contribution in [0.3, 0.4) is 0 Å². The highest BCUT2D eigenvalue weighted by molar-refractivity contribution is 8.14. The van der Waals surface area contributed by atoms with E-state index in [1.807, 2.05) is 0 Å². The lowest BCUT2D eigenvalue weighted by molar-refractivity contribution is -0.130. The summed E-state index contributed by atoms with van der Waals surface area (Å²) in [6.45, 7) is 1.43. The molecule has 1 atom stereocenters. The lowest BCUT2D eigenvalue weighted by Gasteiger charge is -2.16. The molecule has 0 aliphatic carbocycles. The summed E-state index contributed by atoms with van der Waals surface area (Å²) >= 11 is 0.906. The van der Waals surface area contributed by atoms with Gasteiger partial charge in [0.25, 0.3) is 11.1 Å². The highest BCUT2D eigenvalue weighted by atomic mass is 32.2. The highest BCUT2D eigenvalue weighted by Gasteiger charge is 2.29. The number of hydrogen-bond acceptors (Lipinski definition) is 6. The average Bonchev–Trinajstić information content (AvgIpc) is 2.86. The third-order valence-corrected chi connectivity index (χ3v) is 4.08. The van der Waals surface area contributed by atoms with Crippen molar-refractivity contribution in [2.75, 3.05) is 18.8 Å². The molecule has 0 saturated carbocycles. The minimum atomic E-state index is -1.14. The Hall–Kier alpha value is -2.42. The van der Waals surface area contributed by atoms with Crippen molar-refractivity contribution in [3.05, 3.63) is 35.6 Å². The molecule has 0 spiro atoms. The second-order valence-corrected chi connectivity index (χ2v) is 5.84. The van der Waals surface area contributed by atoms with Gasteiger partial charge in [0.15, 0.2) is 6.10 Å². The van der Waals surface area contributed by atoms with Crippen LogP contribution in [-0.2, 0) is 14.3 Å². The predicted octanol–water partition coefficient (Wildman–Crippen LogP) is 1.18. The summed E-state index contributed by atoms with van der Waals surface area (Å²) in [7, 11) is 0. The smallest absolute Gasteiger partial charge is 0.341 e. The number of carbonyl (C=O) groups excluding carboxylic acids is 4. The monoisotopic (exact) mass is 354 g/mol. The standard InChI is InChI=1S/C15H15FN2O5S/c1-9(23-14(21)10-4-2-3-5-11(10)16)13(20)17-6-7-18-12(19)8-24-15(18)22/h2-5,9H,6-8H2,1H3,(H,17,20)/t9-/m0/s1. The number of ether oxygens (including phenoxy) is 1. The number of thioether (sulfide) groups is 1. The third-order valence-electron chi connectivity index (χ3n) is 3.22. The number of nitrogens with one attached hydrogen (secondary N) is 1. The first-order chi connectivity index (χ1) is 11.4. The maximum Gasteiger partial charge on any atom is 0.341 e. The maximum absolute atomic E-state index is 13.5. The van der Waals surface area contributed by atoms with E-state index in [1.54, 1.807) is 0 Å². The van der Waals surface area contributed by atoms with Gasteiger partial charge in [-0.05, 0) is 19.1 Å². The van der Waals surface area contributed by atoms with E-state index in [0.717, 1.165) is 22.7 Å². The van der Waals surface area contributed by atoms with Gasteiger partial charge in [-0.25, -0.2) is 9.18 Å². The van der Waals surface area contributed by atoms with Gasteiger partial charge in [0.1, 0.15) is 5.82 Å². The fraction of sp³-hybridized carbons (Fsp3) is 0.333. The summed E-state index contributed by atoms with van der Waals surface area (Å²) in [6.07, 6.45) is -1.14. The summed E-state index contributed by atoms with van der Waals surface area (Å²) in [5.74, 6) is -2.50. The molecule has 1 heterocycles. The van der Waals surface area contributed by atoms with Gasteiger partial charge < -0.3 is 10.1 Å². The zero-order valence-corrected chi connectivity index (χ0v) is 13.6. The molecule has 3 amide bonds. The van der Waals surface area contributed by atoms with Crippen molar-refractivity contribution in [2.45, 2.75) is 13.0 Å². The Morgan fingerprint density at radius 3 is 2.71 bits per heavy atom. The van der Waals surface area contributed by atoms with Crippen LogP contribution in [0, 0.1) is 5.82 Å². The van der Waals surface area contributed by atoms with Gasteiger partial charge in [-0.1, -0.05) is 23.9 Å². The van der Waals surface area contributed by atoms with E-state index >= 15 is 0 Å². The van der Waals surface area contributed by atoms with Gasteiger partial charge in [-0.15, -0.1) is 0 Å². The summed E-state index contributed by atoms with van der Waals surface area (Å²) in [4.78, 5) is 47.5. The van der Waals surface area contributed by atoms with Crippen molar-refractivity contribution in [1.82, 2.24) is 10.2 Å². The third kappa shape index (κ3) is 4.31. The molecule has 1 fully saturated rings. The second-order valence-electron chi connectivity index (χ2n) is 4.92. The van der Waals surface area contributed by atoms with Crippen molar-refractivity contribution in [1.29, 1.82) is 0 Å². The quantitative estimate of drug-likeness (QED) is 0.771. The summed E-state index contributed by atoms with van der Waals surface area (Å²) in [6, 6.07) is 5.28. The number of carbonyl (C=O) groups is 4. The Labute approximate surface area is 141 Å². The lowest BCUT2D eigenvalue weighted by atomic mass is 10.2. The molecular formula is C15H15FN2O5S. The normalized spacial score (nSPS) is 15.3. The first kappa shape index (κ1) is 17.9. The van der Waals surface area contributed by atoms with Gasteiger partial charge in [0.2, 0.25) is 5.91 Å². The van der Waals surface area contributed by atoms with Gasteiger partial charge >= 0.3 is 5.97 Å². The first-order valence-corrected chi connectivity index (χ1v) is 8.09. The van der Waals surface area contributed by atoms with Crippen molar-refractivity contribution >= 4 is 34.8 Å². The van der Waals surface area contributed by atoms with E-state index in [-0.39, 0.29) is 35.6 Å². The number of esters is 1. The van der Waals surface area contributed by atoms with Crippen LogP contribution >= 0.6 is 11.8 Å². The predicted molar refractivity (Wildman–Crippen MR) is 83.9 cm³/mol. The molecule has 128 valence electrons. The van der Waals surface area contributed by atoms with Crippen LogP contribution in [0.25, 0.3) is 0 Å². The molecule has 1 aliphatic rings. The molecule has 24 heavy (non-hydrogen) atoms. The SMILES string of the molecule is C[C@H](OC(=O)c1ccccc1F)C(=O)NCCN1C(=O)CSC1=O. The largest absolute Gasteiger partial charge is 0.449 e. The molecular weight excluding hydrogens is 339 g/mol. The van der Waals surface area contributed by atoms with E-state index in [4.69, 9.17) is 4.74 Å². The Morgan fingerprint density at radius 1 is 1.38 bits per heavy atom. The maximum atomic E-state index is 13.5. The van der Waals surface area contributed by atoms with Crippen molar-refractivity contribution in [3.8, 4) is 0 Å². The zero-order valence-electron chi connectivity index (χ0n) is 12.8.